The van der Waals surface area contributed by atoms with Gasteiger partial charge in [-0.2, -0.15) is 13.2 Å². The van der Waals surface area contributed by atoms with Crippen molar-refractivity contribution in [1.82, 2.24) is 25.6 Å². The van der Waals surface area contributed by atoms with Crippen molar-refractivity contribution >= 4 is 0 Å². The lowest BCUT2D eigenvalue weighted by molar-refractivity contribution is -0.137. The van der Waals surface area contributed by atoms with Gasteiger partial charge >= 0.3 is 6.18 Å². The summed E-state index contributed by atoms with van der Waals surface area (Å²) < 4.78 is 45.8. The summed E-state index contributed by atoms with van der Waals surface area (Å²) in [5.74, 6) is 6.09. The molecule has 0 unspecified atom stereocenters. The second-order valence-corrected chi connectivity index (χ2v) is 7.24. The Balaban J connectivity index is 1.60. The average Bonchev–Trinajstić information content (AvgIpc) is 3.36. The van der Waals surface area contributed by atoms with E-state index >= 15 is 0 Å². The molecule has 2 aromatic carbocycles. The van der Waals surface area contributed by atoms with Crippen molar-refractivity contribution in [2.45, 2.75) is 19.0 Å². The summed E-state index contributed by atoms with van der Waals surface area (Å²) >= 11 is 0. The van der Waals surface area contributed by atoms with Crippen molar-refractivity contribution in [3.63, 3.8) is 0 Å². The number of phenolic OH excluding ortho intramolecular Hbond substituents is 1. The molecule has 0 aliphatic rings. The minimum atomic E-state index is -4.64. The highest BCUT2D eigenvalue weighted by Gasteiger charge is 2.33. The minimum Gasteiger partial charge on any atom is -0.508 e. The highest BCUT2D eigenvalue weighted by atomic mass is 19.4. The van der Waals surface area contributed by atoms with Crippen LogP contribution in [0.25, 0.3) is 11.4 Å². The normalized spacial score (nSPS) is 11.0. The lowest BCUT2D eigenvalue weighted by Crippen LogP contribution is -2.07. The first-order chi connectivity index (χ1) is 16.4. The number of H-pyrrole nitrogens is 1. The fraction of sp³-hybridized carbons (Fsp3) is 0.167. The predicted molar refractivity (Wildman–Crippen MR) is 117 cm³/mol. The van der Waals surface area contributed by atoms with Gasteiger partial charge in [0.1, 0.15) is 11.5 Å². The van der Waals surface area contributed by atoms with Crippen molar-refractivity contribution < 1.29 is 23.0 Å². The molecule has 172 valence electrons. The van der Waals surface area contributed by atoms with E-state index in [0.717, 1.165) is 17.2 Å². The van der Waals surface area contributed by atoms with Crippen molar-refractivity contribution in [2.24, 2.45) is 0 Å². The number of nitrogens with one attached hydrogen (secondary N) is 1. The standard InChI is InChI=1S/C24H18F3N5O2/c25-24(26,27)22-14-20(33)10-9-17(22)7-5-16-6-8-19(23-29-31-32-30-23)13-18(16)3-2-12-34-21-4-1-11-28-15-21/h1,4,6,8-11,13-15,33H,2-3,12H2,(H,29,30,31,32). The summed E-state index contributed by atoms with van der Waals surface area (Å²) in [6.45, 7) is 0.419. The van der Waals surface area contributed by atoms with Crippen molar-refractivity contribution in [3.05, 3.63) is 83.2 Å². The van der Waals surface area contributed by atoms with Crippen LogP contribution in [0, 0.1) is 11.8 Å². The van der Waals surface area contributed by atoms with Crippen LogP contribution in [0.15, 0.2) is 60.9 Å². The Hall–Kier alpha value is -4.39. The molecule has 10 heteroatoms. The maximum absolute atomic E-state index is 13.4. The van der Waals surface area contributed by atoms with Crippen LogP contribution in [0.5, 0.6) is 11.5 Å². The second-order valence-electron chi connectivity index (χ2n) is 7.24. The molecular weight excluding hydrogens is 447 g/mol. The van der Waals surface area contributed by atoms with Crippen LogP contribution in [0.3, 0.4) is 0 Å². The third-order valence-corrected chi connectivity index (χ3v) is 4.86. The molecule has 0 atom stereocenters. The molecule has 0 aliphatic carbocycles. The third-order valence-electron chi connectivity index (χ3n) is 4.86. The summed E-state index contributed by atoms with van der Waals surface area (Å²) in [7, 11) is 0. The number of ether oxygens (including phenoxy) is 1. The second kappa shape index (κ2) is 10.0. The van der Waals surface area contributed by atoms with Crippen LogP contribution >= 0.6 is 0 Å². The number of pyridine rings is 1. The van der Waals surface area contributed by atoms with Crippen molar-refractivity contribution in [3.8, 4) is 34.7 Å². The van der Waals surface area contributed by atoms with E-state index in [9.17, 15) is 18.3 Å². The number of phenols is 1. The number of nitrogens with zero attached hydrogens (tertiary/aromatic N) is 4. The Labute approximate surface area is 192 Å². The minimum absolute atomic E-state index is 0.223. The molecule has 0 saturated carbocycles. The molecule has 7 nitrogen and oxygen atoms in total. The molecule has 2 heterocycles. The fourth-order valence-electron chi connectivity index (χ4n) is 3.25. The van der Waals surface area contributed by atoms with Crippen LogP contribution < -0.4 is 4.74 Å². The number of aromatic hydroxyl groups is 1. The van der Waals surface area contributed by atoms with Gasteiger partial charge in [0.15, 0.2) is 5.82 Å². The molecular formula is C24H18F3N5O2. The van der Waals surface area contributed by atoms with E-state index in [1.807, 2.05) is 6.07 Å². The lowest BCUT2D eigenvalue weighted by Gasteiger charge is -2.10. The van der Waals surface area contributed by atoms with Gasteiger partial charge in [0.25, 0.3) is 0 Å². The Morgan fingerprint density at radius 2 is 1.85 bits per heavy atom. The molecule has 0 radical (unpaired) electrons. The molecule has 2 aromatic heterocycles. The maximum Gasteiger partial charge on any atom is 0.417 e. The Kier molecular flexibility index (Phi) is 6.73. The molecule has 4 rings (SSSR count). The summed E-state index contributed by atoms with van der Waals surface area (Å²) in [6.07, 6.45) is -0.182. The van der Waals surface area contributed by atoms with Gasteiger partial charge < -0.3 is 9.84 Å². The summed E-state index contributed by atoms with van der Waals surface area (Å²) in [5.41, 5.74) is 0.886. The van der Waals surface area contributed by atoms with Gasteiger partial charge in [0.05, 0.1) is 18.4 Å². The molecule has 0 fully saturated rings. The van der Waals surface area contributed by atoms with Gasteiger partial charge in [-0.15, -0.1) is 5.10 Å². The SMILES string of the molecule is Oc1ccc(C#Cc2ccc(-c3nnn[nH]3)cc2CCCOc2cccnc2)c(C(F)(F)F)c1. The zero-order chi connectivity index (χ0) is 24.0. The highest BCUT2D eigenvalue weighted by Crippen LogP contribution is 2.34. The predicted octanol–water partition coefficient (Wildman–Crippen LogP) is 4.40. The first kappa shape index (κ1) is 22.8. The Morgan fingerprint density at radius 3 is 2.59 bits per heavy atom. The van der Waals surface area contributed by atoms with Crippen LogP contribution in [0.1, 0.15) is 28.7 Å². The molecule has 0 aliphatic heterocycles. The topological polar surface area (TPSA) is 96.8 Å². The molecule has 0 saturated heterocycles. The van der Waals surface area contributed by atoms with E-state index in [1.54, 1.807) is 36.7 Å². The van der Waals surface area contributed by atoms with Crippen LogP contribution in [0.4, 0.5) is 13.2 Å². The van der Waals surface area contributed by atoms with E-state index in [4.69, 9.17) is 4.74 Å². The number of aryl methyl sites for hydroxylation is 1. The van der Waals surface area contributed by atoms with E-state index in [2.05, 4.69) is 37.4 Å². The maximum atomic E-state index is 13.4. The smallest absolute Gasteiger partial charge is 0.417 e. The number of hydrogen-bond donors (Lipinski definition) is 2. The van der Waals surface area contributed by atoms with Crippen LogP contribution in [0.2, 0.25) is 0 Å². The number of hydrogen-bond acceptors (Lipinski definition) is 6. The van der Waals surface area contributed by atoms with Gasteiger partial charge in [0, 0.05) is 22.9 Å². The first-order valence-electron chi connectivity index (χ1n) is 10.2. The van der Waals surface area contributed by atoms with Crippen LogP contribution in [-0.2, 0) is 12.6 Å². The van der Waals surface area contributed by atoms with Gasteiger partial charge in [-0.3, -0.25) is 4.98 Å². The number of benzene rings is 2. The first-order valence-corrected chi connectivity index (χ1v) is 10.2. The fourth-order valence-corrected chi connectivity index (χ4v) is 3.25. The molecule has 34 heavy (non-hydrogen) atoms. The van der Waals surface area contributed by atoms with E-state index in [0.29, 0.717) is 42.7 Å². The number of tetrazole rings is 1. The number of alkyl halides is 3. The number of aromatic amines is 1. The number of halogens is 3. The van der Waals surface area contributed by atoms with E-state index in [1.165, 1.54) is 6.07 Å². The Bertz CT molecular complexity index is 1310. The Morgan fingerprint density at radius 1 is 1.03 bits per heavy atom. The quantitative estimate of drug-likeness (QED) is 0.324. The van der Waals surface area contributed by atoms with Gasteiger partial charge in [0.2, 0.25) is 0 Å². The number of rotatable bonds is 6. The zero-order valence-electron chi connectivity index (χ0n) is 17.7. The molecule has 2 N–H and O–H groups in total. The number of aromatic nitrogens is 5. The summed E-state index contributed by atoms with van der Waals surface area (Å²) in [6, 6.07) is 11.9. The molecule has 0 bridgehead atoms. The van der Waals surface area contributed by atoms with Gasteiger partial charge in [-0.1, -0.05) is 11.8 Å². The summed E-state index contributed by atoms with van der Waals surface area (Å²) in [4.78, 5) is 4.00. The highest BCUT2D eigenvalue weighted by molar-refractivity contribution is 5.60. The third kappa shape index (κ3) is 5.69. The van der Waals surface area contributed by atoms with Crippen molar-refractivity contribution in [1.29, 1.82) is 0 Å². The van der Waals surface area contributed by atoms with Gasteiger partial charge in [-0.25, -0.2) is 5.10 Å². The van der Waals surface area contributed by atoms with E-state index < -0.39 is 17.5 Å². The van der Waals surface area contributed by atoms with E-state index in [-0.39, 0.29) is 5.56 Å². The van der Waals surface area contributed by atoms with Crippen LogP contribution in [-0.4, -0.2) is 37.3 Å². The monoisotopic (exact) mass is 465 g/mol. The average molecular weight is 465 g/mol. The summed E-state index contributed by atoms with van der Waals surface area (Å²) in [5, 5.41) is 23.2. The zero-order valence-corrected chi connectivity index (χ0v) is 17.7. The largest absolute Gasteiger partial charge is 0.508 e. The molecule has 4 aromatic rings. The lowest BCUT2D eigenvalue weighted by atomic mass is 9.99. The molecule has 0 spiro atoms. The van der Waals surface area contributed by atoms with Gasteiger partial charge in [-0.05, 0) is 77.4 Å². The molecule has 0 amide bonds. The van der Waals surface area contributed by atoms with Crippen molar-refractivity contribution in [2.75, 3.05) is 6.61 Å².